The van der Waals surface area contributed by atoms with Gasteiger partial charge in [0, 0.05) is 5.75 Å². The lowest BCUT2D eigenvalue weighted by atomic mass is 9.88. The highest BCUT2D eigenvalue weighted by atomic mass is 32.2. The third kappa shape index (κ3) is 9.16. The number of thiol groups is 1. The minimum Gasteiger partial charge on any atom is -0.282 e. The first-order valence-corrected chi connectivity index (χ1v) is 17.8. The highest BCUT2D eigenvalue weighted by molar-refractivity contribution is 7.86. The van der Waals surface area contributed by atoms with E-state index in [-0.39, 0.29) is 21.6 Å². The smallest absolute Gasteiger partial charge is 0.282 e. The van der Waals surface area contributed by atoms with E-state index >= 15 is 0 Å². The molecule has 0 aliphatic carbocycles. The molecule has 9 heteroatoms. The van der Waals surface area contributed by atoms with Crippen molar-refractivity contribution >= 4 is 32.9 Å². The van der Waals surface area contributed by atoms with Crippen LogP contribution in [0, 0.1) is 6.92 Å². The zero-order chi connectivity index (χ0) is 30.2. The number of benzene rings is 3. The van der Waals surface area contributed by atoms with Gasteiger partial charge in [0.2, 0.25) is 0 Å². The zero-order valence-corrected chi connectivity index (χ0v) is 26.6. The predicted octanol–water partition coefficient (Wildman–Crippen LogP) is 8.15. The van der Waals surface area contributed by atoms with Crippen LogP contribution in [0.2, 0.25) is 0 Å². The first kappa shape index (κ1) is 33.3. The van der Waals surface area contributed by atoms with Gasteiger partial charge in [0.05, 0.1) is 9.79 Å². The molecule has 0 saturated carbocycles. The van der Waals surface area contributed by atoms with Gasteiger partial charge in [-0.15, -0.1) is 0 Å². The number of hydrogen-bond donors (Lipinski definition) is 3. The molecule has 41 heavy (non-hydrogen) atoms. The predicted molar refractivity (Wildman–Crippen MR) is 168 cm³/mol. The highest BCUT2D eigenvalue weighted by Crippen LogP contribution is 2.34. The van der Waals surface area contributed by atoms with Crippen LogP contribution in [0.3, 0.4) is 0 Å². The van der Waals surface area contributed by atoms with E-state index in [0.29, 0.717) is 23.3 Å². The molecule has 0 saturated heterocycles. The largest absolute Gasteiger partial charge is 0.294 e. The Bertz CT molecular complexity index is 1530. The molecule has 2 N–H and O–H groups in total. The van der Waals surface area contributed by atoms with Crippen LogP contribution in [0.4, 0.5) is 0 Å². The van der Waals surface area contributed by atoms with Crippen molar-refractivity contribution in [1.82, 2.24) is 0 Å². The third-order valence-electron chi connectivity index (χ3n) is 8.01. The summed E-state index contributed by atoms with van der Waals surface area (Å²) >= 11 is 4.33. The van der Waals surface area contributed by atoms with E-state index in [1.165, 1.54) is 6.07 Å². The Morgan fingerprint density at radius 2 is 1.27 bits per heavy atom. The van der Waals surface area contributed by atoms with Crippen molar-refractivity contribution in [3.63, 3.8) is 0 Å². The fraction of sp³-hybridized carbons (Fsp3) is 0.438. The van der Waals surface area contributed by atoms with E-state index in [1.807, 2.05) is 45.0 Å². The van der Waals surface area contributed by atoms with Crippen molar-refractivity contribution in [3.05, 3.63) is 94.0 Å². The molecule has 2 unspecified atom stereocenters. The highest BCUT2D eigenvalue weighted by Gasteiger charge is 2.23. The normalized spacial score (nSPS) is 13.7. The van der Waals surface area contributed by atoms with Gasteiger partial charge in [-0.3, -0.25) is 9.11 Å². The number of aryl methyl sites for hydroxylation is 1. The second kappa shape index (κ2) is 14.8. The molecule has 0 heterocycles. The van der Waals surface area contributed by atoms with Crippen LogP contribution in [0.1, 0.15) is 104 Å². The zero-order valence-electron chi connectivity index (χ0n) is 24.1. The SMILES string of the molecule is CCC(CCCCCC(CC)c1ccc(Cc2ccc(CS)cc2C)cc1S(=O)(=O)O)c1ccccc1S(=O)(=O)O. The van der Waals surface area contributed by atoms with Crippen LogP contribution in [0.25, 0.3) is 0 Å². The Morgan fingerprint density at radius 3 is 1.80 bits per heavy atom. The number of hydrogen-bond acceptors (Lipinski definition) is 5. The summed E-state index contributed by atoms with van der Waals surface area (Å²) in [7, 11) is -8.68. The van der Waals surface area contributed by atoms with E-state index in [0.717, 1.165) is 67.2 Å². The molecule has 3 aromatic rings. The fourth-order valence-corrected chi connectivity index (χ4v) is 7.51. The average molecular weight is 619 g/mol. The van der Waals surface area contributed by atoms with Gasteiger partial charge >= 0.3 is 0 Å². The van der Waals surface area contributed by atoms with Crippen molar-refractivity contribution in [2.45, 2.75) is 99.5 Å². The van der Waals surface area contributed by atoms with Gasteiger partial charge < -0.3 is 0 Å². The molecule has 2 atom stereocenters. The molecular formula is C32H42O6S3. The van der Waals surface area contributed by atoms with Gasteiger partial charge in [-0.05, 0) is 96.4 Å². The lowest BCUT2D eigenvalue weighted by molar-refractivity contribution is 0.473. The van der Waals surface area contributed by atoms with Gasteiger partial charge in [-0.25, -0.2) is 0 Å². The Balaban J connectivity index is 1.68. The summed E-state index contributed by atoms with van der Waals surface area (Å²) in [5, 5.41) is 0. The van der Waals surface area contributed by atoms with Gasteiger partial charge in [0.1, 0.15) is 0 Å². The first-order valence-electron chi connectivity index (χ1n) is 14.2. The van der Waals surface area contributed by atoms with Crippen molar-refractivity contribution < 1.29 is 25.9 Å². The van der Waals surface area contributed by atoms with Gasteiger partial charge in [0.15, 0.2) is 0 Å². The number of rotatable bonds is 15. The quantitative estimate of drug-likeness (QED) is 0.0901. The molecule has 0 spiro atoms. The van der Waals surface area contributed by atoms with Crippen LogP contribution in [-0.2, 0) is 32.4 Å². The number of unbranched alkanes of at least 4 members (excludes halogenated alkanes) is 2. The van der Waals surface area contributed by atoms with E-state index < -0.39 is 20.2 Å². The summed E-state index contributed by atoms with van der Waals surface area (Å²) in [5.74, 6) is 0.661. The second-order valence-corrected chi connectivity index (χ2v) is 13.9. The van der Waals surface area contributed by atoms with Crippen molar-refractivity contribution in [2.24, 2.45) is 0 Å². The topological polar surface area (TPSA) is 109 Å². The Hall–Kier alpha value is -2.17. The minimum absolute atomic E-state index is 0.0142. The summed E-state index contributed by atoms with van der Waals surface area (Å²) in [5.41, 5.74) is 5.47. The van der Waals surface area contributed by atoms with Gasteiger partial charge in [-0.1, -0.05) is 81.6 Å². The van der Waals surface area contributed by atoms with Gasteiger partial charge in [-0.2, -0.15) is 29.5 Å². The van der Waals surface area contributed by atoms with Crippen LogP contribution >= 0.6 is 12.6 Å². The van der Waals surface area contributed by atoms with E-state index in [9.17, 15) is 25.9 Å². The Labute approximate surface area is 251 Å². The van der Waals surface area contributed by atoms with Crippen molar-refractivity contribution in [3.8, 4) is 0 Å². The average Bonchev–Trinajstić information content (AvgIpc) is 2.93. The Kier molecular flexibility index (Phi) is 12.1. The fourth-order valence-electron chi connectivity index (χ4n) is 5.69. The molecule has 0 aliphatic heterocycles. The molecule has 0 amide bonds. The van der Waals surface area contributed by atoms with Crippen LogP contribution in [0.15, 0.2) is 70.5 Å². The van der Waals surface area contributed by atoms with E-state index in [1.54, 1.807) is 24.3 Å². The maximum atomic E-state index is 12.4. The maximum Gasteiger partial charge on any atom is 0.294 e. The van der Waals surface area contributed by atoms with Crippen molar-refractivity contribution in [1.29, 1.82) is 0 Å². The summed E-state index contributed by atoms with van der Waals surface area (Å²) < 4.78 is 68.3. The van der Waals surface area contributed by atoms with Gasteiger partial charge in [0.25, 0.3) is 20.2 Å². The summed E-state index contributed by atoms with van der Waals surface area (Å²) in [4.78, 5) is -0.0386. The summed E-state index contributed by atoms with van der Waals surface area (Å²) in [6.07, 6.45) is 6.29. The van der Waals surface area contributed by atoms with Crippen LogP contribution in [0.5, 0.6) is 0 Å². The molecule has 0 radical (unpaired) electrons. The van der Waals surface area contributed by atoms with Crippen LogP contribution in [-0.4, -0.2) is 25.9 Å². The molecule has 224 valence electrons. The molecule has 6 nitrogen and oxygen atoms in total. The third-order valence-corrected chi connectivity index (χ3v) is 10.2. The monoisotopic (exact) mass is 618 g/mol. The summed E-state index contributed by atoms with van der Waals surface area (Å²) in [6, 6.07) is 18.2. The van der Waals surface area contributed by atoms with E-state index in [4.69, 9.17) is 0 Å². The first-order chi connectivity index (χ1) is 19.4. The molecule has 0 fully saturated rings. The van der Waals surface area contributed by atoms with Crippen molar-refractivity contribution in [2.75, 3.05) is 0 Å². The standard InChI is InChI=1S/C32H42O6S3/c1-4-26(29-13-9-10-14-31(29)40(33,34)35)11-7-6-8-12-27(5-2)30-18-16-24(21-32(30)41(36,37)38)20-28-17-15-25(22-39)19-23(28)3/h9-10,13-19,21,26-27,39H,4-8,11-12,20,22H2,1-3H3,(H,33,34,35)(H,36,37,38). The second-order valence-electron chi connectivity index (χ2n) is 10.8. The lowest BCUT2D eigenvalue weighted by Gasteiger charge is -2.20. The molecule has 3 aromatic carbocycles. The molecular weight excluding hydrogens is 577 g/mol. The van der Waals surface area contributed by atoms with E-state index in [2.05, 4.69) is 18.7 Å². The molecule has 0 aromatic heterocycles. The Morgan fingerprint density at radius 1 is 0.707 bits per heavy atom. The maximum absolute atomic E-state index is 12.4. The lowest BCUT2D eigenvalue weighted by Crippen LogP contribution is -2.09. The molecule has 0 bridgehead atoms. The summed E-state index contributed by atoms with van der Waals surface area (Å²) in [6.45, 7) is 6.07. The minimum atomic E-state index is -4.40. The molecule has 0 aliphatic rings. The molecule has 3 rings (SSSR count). The van der Waals surface area contributed by atoms with Crippen LogP contribution < -0.4 is 0 Å².